The van der Waals surface area contributed by atoms with Gasteiger partial charge in [-0.15, -0.1) is 11.3 Å². The minimum atomic E-state index is -4.41. The van der Waals surface area contributed by atoms with Gasteiger partial charge in [0.1, 0.15) is 6.61 Å². The van der Waals surface area contributed by atoms with Crippen LogP contribution in [0.25, 0.3) is 0 Å². The molecule has 0 radical (unpaired) electrons. The topological polar surface area (TPSA) is 39.2 Å². The number of alkyl halides is 3. The molecule has 7 heteroatoms. The molecule has 100 valence electrons. The van der Waals surface area contributed by atoms with Gasteiger partial charge in [0, 0.05) is 6.20 Å². The van der Waals surface area contributed by atoms with Crippen LogP contribution < -0.4 is 0 Å². The number of rotatable bonds is 3. The van der Waals surface area contributed by atoms with Crippen molar-refractivity contribution in [3.05, 3.63) is 52.0 Å². The lowest BCUT2D eigenvalue weighted by atomic mass is 10.1. The quantitative estimate of drug-likeness (QED) is 0.811. The minimum Gasteiger partial charge on any atom is -0.456 e. The number of carbonyl (C=O) groups excluding carboxylic acids is 1. The predicted molar refractivity (Wildman–Crippen MR) is 62.7 cm³/mol. The molecule has 0 N–H and O–H groups in total. The minimum absolute atomic E-state index is 0.0600. The van der Waals surface area contributed by atoms with Gasteiger partial charge in [-0.1, -0.05) is 0 Å². The standard InChI is InChI=1S/C12H8F3NO2S/c13-12(14,15)9-3-1-8(2-4-9)11(17)18-6-10-5-16-7-19-10/h1-5,7H,6H2. The van der Waals surface area contributed by atoms with Crippen molar-refractivity contribution >= 4 is 17.3 Å². The highest BCUT2D eigenvalue weighted by molar-refractivity contribution is 7.09. The summed E-state index contributed by atoms with van der Waals surface area (Å²) in [6, 6.07) is 3.89. The molecule has 1 aromatic heterocycles. The molecule has 0 spiro atoms. The van der Waals surface area contributed by atoms with E-state index in [0.717, 1.165) is 29.1 Å². The Morgan fingerprint density at radius 2 is 1.95 bits per heavy atom. The Morgan fingerprint density at radius 3 is 2.47 bits per heavy atom. The summed E-state index contributed by atoms with van der Waals surface area (Å²) >= 11 is 1.33. The Labute approximate surface area is 110 Å². The number of ether oxygens (including phenoxy) is 1. The van der Waals surface area contributed by atoms with Crippen LogP contribution in [0, 0.1) is 0 Å². The van der Waals surface area contributed by atoms with Crippen LogP contribution in [-0.2, 0) is 17.5 Å². The van der Waals surface area contributed by atoms with Gasteiger partial charge in [0.05, 0.1) is 21.5 Å². The van der Waals surface area contributed by atoms with Crippen LogP contribution in [0.4, 0.5) is 13.2 Å². The number of aromatic nitrogens is 1. The molecule has 1 aromatic carbocycles. The molecule has 0 saturated carbocycles. The first kappa shape index (κ1) is 13.5. The average Bonchev–Trinajstić information content (AvgIpc) is 2.88. The molecule has 0 aliphatic heterocycles. The second-order valence-electron chi connectivity index (χ2n) is 3.62. The molecular weight excluding hydrogens is 279 g/mol. The van der Waals surface area contributed by atoms with E-state index in [1.807, 2.05) is 0 Å². The molecule has 1 heterocycles. The second-order valence-corrected chi connectivity index (χ2v) is 4.59. The summed E-state index contributed by atoms with van der Waals surface area (Å²) in [6.07, 6.45) is -2.85. The fourth-order valence-corrected chi connectivity index (χ4v) is 1.83. The molecule has 0 aliphatic carbocycles. The number of carbonyl (C=O) groups is 1. The fourth-order valence-electron chi connectivity index (χ4n) is 1.33. The molecule has 2 aromatic rings. The lowest BCUT2D eigenvalue weighted by Gasteiger charge is -2.07. The molecule has 0 atom stereocenters. The molecule has 0 bridgehead atoms. The van der Waals surface area contributed by atoms with Gasteiger partial charge >= 0.3 is 12.1 Å². The Balaban J connectivity index is 2.00. The van der Waals surface area contributed by atoms with Gasteiger partial charge in [-0.3, -0.25) is 4.98 Å². The SMILES string of the molecule is O=C(OCc1cncs1)c1ccc(C(F)(F)F)cc1. The third-order valence-corrected chi connectivity index (χ3v) is 3.03. The van der Waals surface area contributed by atoms with Crippen molar-refractivity contribution in [2.24, 2.45) is 0 Å². The lowest BCUT2D eigenvalue weighted by molar-refractivity contribution is -0.137. The van der Waals surface area contributed by atoms with Gasteiger partial charge in [-0.25, -0.2) is 4.79 Å². The first-order chi connectivity index (χ1) is 8.97. The Morgan fingerprint density at radius 1 is 1.26 bits per heavy atom. The van der Waals surface area contributed by atoms with Crippen LogP contribution in [0.1, 0.15) is 20.8 Å². The fraction of sp³-hybridized carbons (Fsp3) is 0.167. The van der Waals surface area contributed by atoms with Crippen LogP contribution in [0.15, 0.2) is 36.0 Å². The number of halogens is 3. The zero-order chi connectivity index (χ0) is 13.9. The van der Waals surface area contributed by atoms with E-state index in [4.69, 9.17) is 4.74 Å². The predicted octanol–water partition coefficient (Wildman–Crippen LogP) is 3.52. The number of thiazole rings is 1. The number of benzene rings is 1. The number of hydrogen-bond acceptors (Lipinski definition) is 4. The summed E-state index contributed by atoms with van der Waals surface area (Å²) in [6.45, 7) is 0.0600. The molecule has 2 rings (SSSR count). The maximum atomic E-state index is 12.3. The highest BCUT2D eigenvalue weighted by Gasteiger charge is 2.30. The van der Waals surface area contributed by atoms with Crippen molar-refractivity contribution < 1.29 is 22.7 Å². The highest BCUT2D eigenvalue weighted by atomic mass is 32.1. The number of hydrogen-bond donors (Lipinski definition) is 0. The summed E-state index contributed by atoms with van der Waals surface area (Å²) in [7, 11) is 0. The largest absolute Gasteiger partial charge is 0.456 e. The smallest absolute Gasteiger partial charge is 0.416 e. The molecule has 0 saturated heterocycles. The van der Waals surface area contributed by atoms with Crippen molar-refractivity contribution in [1.82, 2.24) is 4.98 Å². The van der Waals surface area contributed by atoms with Crippen LogP contribution in [0.5, 0.6) is 0 Å². The summed E-state index contributed by atoms with van der Waals surface area (Å²) in [5.41, 5.74) is 0.880. The van der Waals surface area contributed by atoms with Crippen molar-refractivity contribution in [3.63, 3.8) is 0 Å². The first-order valence-electron chi connectivity index (χ1n) is 5.18. The van der Waals surface area contributed by atoms with Gasteiger partial charge in [-0.2, -0.15) is 13.2 Å². The summed E-state index contributed by atoms with van der Waals surface area (Å²) in [5.74, 6) is -0.665. The van der Waals surface area contributed by atoms with E-state index in [-0.39, 0.29) is 12.2 Å². The van der Waals surface area contributed by atoms with Gasteiger partial charge < -0.3 is 4.74 Å². The lowest BCUT2D eigenvalue weighted by Crippen LogP contribution is -2.07. The van der Waals surface area contributed by atoms with E-state index < -0.39 is 17.7 Å². The van der Waals surface area contributed by atoms with E-state index in [2.05, 4.69) is 4.98 Å². The third kappa shape index (κ3) is 3.54. The van der Waals surface area contributed by atoms with Crippen molar-refractivity contribution in [2.75, 3.05) is 0 Å². The highest BCUT2D eigenvalue weighted by Crippen LogP contribution is 2.29. The van der Waals surface area contributed by atoms with Gasteiger partial charge in [0.25, 0.3) is 0 Å². The van der Waals surface area contributed by atoms with Gasteiger partial charge in [0.15, 0.2) is 0 Å². The van der Waals surface area contributed by atoms with Crippen LogP contribution in [-0.4, -0.2) is 11.0 Å². The average molecular weight is 287 g/mol. The Bertz CT molecular complexity index is 549. The molecule has 0 amide bonds. The zero-order valence-corrected chi connectivity index (χ0v) is 10.3. The zero-order valence-electron chi connectivity index (χ0n) is 9.48. The molecular formula is C12H8F3NO2S. The maximum Gasteiger partial charge on any atom is 0.416 e. The number of esters is 1. The molecule has 19 heavy (non-hydrogen) atoms. The van der Waals surface area contributed by atoms with Gasteiger partial charge in [-0.05, 0) is 24.3 Å². The molecule has 0 unspecified atom stereocenters. The molecule has 0 fully saturated rings. The Hall–Kier alpha value is -1.89. The van der Waals surface area contributed by atoms with Gasteiger partial charge in [0.2, 0.25) is 0 Å². The van der Waals surface area contributed by atoms with Crippen LogP contribution in [0.3, 0.4) is 0 Å². The van der Waals surface area contributed by atoms with Crippen LogP contribution in [0.2, 0.25) is 0 Å². The van der Waals surface area contributed by atoms with E-state index in [9.17, 15) is 18.0 Å². The third-order valence-electron chi connectivity index (χ3n) is 2.28. The number of nitrogens with zero attached hydrogens (tertiary/aromatic N) is 1. The van der Waals surface area contributed by atoms with E-state index >= 15 is 0 Å². The monoisotopic (exact) mass is 287 g/mol. The molecule has 3 nitrogen and oxygen atoms in total. The summed E-state index contributed by atoms with van der Waals surface area (Å²) in [5, 5.41) is 0. The van der Waals surface area contributed by atoms with Crippen molar-refractivity contribution in [1.29, 1.82) is 0 Å². The van der Waals surface area contributed by atoms with E-state index in [0.29, 0.717) is 0 Å². The first-order valence-corrected chi connectivity index (χ1v) is 6.06. The van der Waals surface area contributed by atoms with E-state index in [1.54, 1.807) is 11.7 Å². The molecule has 0 aliphatic rings. The normalized spacial score (nSPS) is 11.3. The second kappa shape index (κ2) is 5.40. The van der Waals surface area contributed by atoms with E-state index in [1.165, 1.54) is 11.3 Å². The summed E-state index contributed by atoms with van der Waals surface area (Å²) in [4.78, 5) is 16.2. The van der Waals surface area contributed by atoms with Crippen molar-refractivity contribution in [2.45, 2.75) is 12.8 Å². The summed E-state index contributed by atoms with van der Waals surface area (Å²) < 4.78 is 41.9. The maximum absolute atomic E-state index is 12.3. The Kier molecular flexibility index (Phi) is 3.84. The van der Waals surface area contributed by atoms with Crippen molar-refractivity contribution in [3.8, 4) is 0 Å². The van der Waals surface area contributed by atoms with Crippen LogP contribution >= 0.6 is 11.3 Å².